The molecule has 0 radical (unpaired) electrons. The van der Waals surface area contributed by atoms with Gasteiger partial charge in [-0.15, -0.1) is 0 Å². The van der Waals surface area contributed by atoms with Crippen molar-refractivity contribution in [3.8, 4) is 0 Å². The van der Waals surface area contributed by atoms with Gasteiger partial charge in [-0.1, -0.05) is 0 Å². The first-order chi connectivity index (χ1) is 9.46. The van der Waals surface area contributed by atoms with Crippen molar-refractivity contribution in [1.29, 1.82) is 0 Å². The number of esters is 2. The Morgan fingerprint density at radius 2 is 1.80 bits per heavy atom. The van der Waals surface area contributed by atoms with E-state index in [0.29, 0.717) is 0 Å². The molecule has 0 fully saturated rings. The van der Waals surface area contributed by atoms with E-state index in [1.165, 1.54) is 0 Å². The summed E-state index contributed by atoms with van der Waals surface area (Å²) in [4.78, 5) is 34.4. The summed E-state index contributed by atoms with van der Waals surface area (Å²) in [6, 6.07) is -1.74. The number of carbonyl (C=O) groups is 3. The zero-order valence-corrected chi connectivity index (χ0v) is 12.7. The standard InChI is InChI=1S/C12H22N2O5S/c1-3-18-10(15)6-5-8(13)11(16)14-9(7-20)12(17)19-4-2/h8-9,20H,3-7,13H2,1-2H3,(H,14,16)/t8-,9-/m0/s1. The molecule has 3 N–H and O–H groups in total. The predicted octanol–water partition coefficient (Wildman–Crippen LogP) is -0.365. The maximum atomic E-state index is 11.8. The molecule has 20 heavy (non-hydrogen) atoms. The van der Waals surface area contributed by atoms with E-state index in [1.807, 2.05) is 0 Å². The molecule has 8 heteroatoms. The molecule has 0 unspecified atom stereocenters. The Bertz CT molecular complexity index is 338. The average molecular weight is 306 g/mol. The Morgan fingerprint density at radius 1 is 1.20 bits per heavy atom. The number of hydrogen-bond acceptors (Lipinski definition) is 7. The van der Waals surface area contributed by atoms with Crippen molar-refractivity contribution in [2.24, 2.45) is 5.73 Å². The van der Waals surface area contributed by atoms with Gasteiger partial charge in [-0.25, -0.2) is 4.79 Å². The van der Waals surface area contributed by atoms with E-state index in [4.69, 9.17) is 15.2 Å². The topological polar surface area (TPSA) is 108 Å². The van der Waals surface area contributed by atoms with Crippen LogP contribution in [0.5, 0.6) is 0 Å². The van der Waals surface area contributed by atoms with E-state index in [2.05, 4.69) is 17.9 Å². The molecule has 0 aromatic rings. The smallest absolute Gasteiger partial charge is 0.329 e. The highest BCUT2D eigenvalue weighted by Crippen LogP contribution is 2.00. The van der Waals surface area contributed by atoms with Gasteiger partial charge < -0.3 is 20.5 Å². The van der Waals surface area contributed by atoms with Gasteiger partial charge in [0.1, 0.15) is 6.04 Å². The van der Waals surface area contributed by atoms with Crippen LogP contribution in [-0.4, -0.2) is 48.9 Å². The van der Waals surface area contributed by atoms with Gasteiger partial charge >= 0.3 is 11.9 Å². The highest BCUT2D eigenvalue weighted by molar-refractivity contribution is 7.80. The molecular weight excluding hydrogens is 284 g/mol. The largest absolute Gasteiger partial charge is 0.466 e. The first-order valence-electron chi connectivity index (χ1n) is 6.45. The lowest BCUT2D eigenvalue weighted by Crippen LogP contribution is -2.49. The van der Waals surface area contributed by atoms with Crippen LogP contribution in [0, 0.1) is 0 Å². The molecule has 0 heterocycles. The number of amides is 1. The van der Waals surface area contributed by atoms with Gasteiger partial charge in [-0.3, -0.25) is 9.59 Å². The average Bonchev–Trinajstić information content (AvgIpc) is 2.42. The minimum atomic E-state index is -0.892. The summed E-state index contributed by atoms with van der Waals surface area (Å²) in [5.41, 5.74) is 5.64. The maximum absolute atomic E-state index is 11.8. The Balaban J connectivity index is 4.22. The molecule has 0 saturated carbocycles. The lowest BCUT2D eigenvalue weighted by atomic mass is 10.1. The van der Waals surface area contributed by atoms with E-state index in [1.54, 1.807) is 13.8 Å². The summed E-state index contributed by atoms with van der Waals surface area (Å²) in [6.45, 7) is 3.86. The predicted molar refractivity (Wildman–Crippen MR) is 76.3 cm³/mol. The molecular formula is C12H22N2O5S. The Hall–Kier alpha value is -1.28. The molecule has 0 saturated heterocycles. The maximum Gasteiger partial charge on any atom is 0.329 e. The van der Waals surface area contributed by atoms with E-state index < -0.39 is 29.9 Å². The second-order valence-corrected chi connectivity index (χ2v) is 4.31. The third-order valence-corrected chi connectivity index (χ3v) is 2.74. The van der Waals surface area contributed by atoms with Crippen molar-refractivity contribution >= 4 is 30.5 Å². The minimum Gasteiger partial charge on any atom is -0.466 e. The number of hydrogen-bond donors (Lipinski definition) is 3. The molecule has 0 aromatic heterocycles. The third kappa shape index (κ3) is 7.34. The number of thiol groups is 1. The SMILES string of the molecule is CCOC(=O)CC[C@H](N)C(=O)N[C@@H](CS)C(=O)OCC. The summed E-state index contributed by atoms with van der Waals surface area (Å²) in [5.74, 6) is -1.39. The van der Waals surface area contributed by atoms with E-state index in [-0.39, 0.29) is 31.8 Å². The number of ether oxygens (including phenoxy) is 2. The quantitative estimate of drug-likeness (QED) is 0.396. The van der Waals surface area contributed by atoms with Crippen molar-refractivity contribution < 1.29 is 23.9 Å². The van der Waals surface area contributed by atoms with Crippen LogP contribution in [0.25, 0.3) is 0 Å². The molecule has 1 amide bonds. The van der Waals surface area contributed by atoms with E-state index in [9.17, 15) is 14.4 Å². The summed E-state index contributed by atoms with van der Waals surface area (Å²) in [7, 11) is 0. The summed E-state index contributed by atoms with van der Waals surface area (Å²) < 4.78 is 9.52. The molecule has 0 aromatic carbocycles. The molecule has 0 rings (SSSR count). The monoisotopic (exact) mass is 306 g/mol. The summed E-state index contributed by atoms with van der Waals surface area (Å²) in [6.07, 6.45) is 0.195. The highest BCUT2D eigenvalue weighted by Gasteiger charge is 2.23. The van der Waals surface area contributed by atoms with Gasteiger partial charge in [0.05, 0.1) is 19.3 Å². The summed E-state index contributed by atoms with van der Waals surface area (Å²) in [5, 5.41) is 2.44. The van der Waals surface area contributed by atoms with Crippen LogP contribution in [0.4, 0.5) is 0 Å². The minimum absolute atomic E-state index is 0.0490. The van der Waals surface area contributed by atoms with Gasteiger partial charge in [0, 0.05) is 12.2 Å². The Morgan fingerprint density at radius 3 is 2.30 bits per heavy atom. The van der Waals surface area contributed by atoms with Crippen LogP contribution in [0.1, 0.15) is 26.7 Å². The lowest BCUT2D eigenvalue weighted by molar-refractivity contribution is -0.147. The van der Waals surface area contributed by atoms with Gasteiger partial charge in [0.15, 0.2) is 0 Å². The Labute approximate surface area is 124 Å². The van der Waals surface area contributed by atoms with Crippen molar-refractivity contribution in [3.63, 3.8) is 0 Å². The molecule has 0 aliphatic rings. The molecule has 0 aliphatic carbocycles. The van der Waals surface area contributed by atoms with Gasteiger partial charge in [-0.2, -0.15) is 12.6 Å². The third-order valence-electron chi connectivity index (χ3n) is 2.37. The molecule has 7 nitrogen and oxygen atoms in total. The van der Waals surface area contributed by atoms with Crippen molar-refractivity contribution in [2.45, 2.75) is 38.8 Å². The second-order valence-electron chi connectivity index (χ2n) is 3.95. The fourth-order valence-corrected chi connectivity index (χ4v) is 1.58. The fraction of sp³-hybridized carbons (Fsp3) is 0.750. The highest BCUT2D eigenvalue weighted by atomic mass is 32.1. The van der Waals surface area contributed by atoms with Gasteiger partial charge in [0.25, 0.3) is 0 Å². The molecule has 2 atom stereocenters. The van der Waals surface area contributed by atoms with Crippen LogP contribution < -0.4 is 11.1 Å². The number of nitrogens with one attached hydrogen (secondary N) is 1. The molecule has 0 spiro atoms. The van der Waals surface area contributed by atoms with Crippen molar-refractivity contribution in [1.82, 2.24) is 5.32 Å². The van der Waals surface area contributed by atoms with E-state index >= 15 is 0 Å². The molecule has 116 valence electrons. The molecule has 0 aliphatic heterocycles. The first-order valence-corrected chi connectivity index (χ1v) is 7.08. The normalized spacial score (nSPS) is 13.2. The van der Waals surface area contributed by atoms with Crippen LogP contribution >= 0.6 is 12.6 Å². The molecule has 0 bridgehead atoms. The van der Waals surface area contributed by atoms with Crippen molar-refractivity contribution in [3.05, 3.63) is 0 Å². The Kier molecular flexibility index (Phi) is 9.83. The lowest BCUT2D eigenvalue weighted by Gasteiger charge is -2.18. The van der Waals surface area contributed by atoms with Crippen LogP contribution in [0.2, 0.25) is 0 Å². The van der Waals surface area contributed by atoms with Gasteiger partial charge in [0.2, 0.25) is 5.91 Å². The number of nitrogens with two attached hydrogens (primary N) is 1. The zero-order valence-electron chi connectivity index (χ0n) is 11.8. The van der Waals surface area contributed by atoms with Crippen LogP contribution in [0.3, 0.4) is 0 Å². The number of rotatable bonds is 9. The fourth-order valence-electron chi connectivity index (χ4n) is 1.34. The second kappa shape index (κ2) is 10.5. The zero-order chi connectivity index (χ0) is 15.5. The van der Waals surface area contributed by atoms with Crippen LogP contribution in [0.15, 0.2) is 0 Å². The number of carbonyl (C=O) groups excluding carboxylic acids is 3. The van der Waals surface area contributed by atoms with E-state index in [0.717, 1.165) is 0 Å². The summed E-state index contributed by atoms with van der Waals surface area (Å²) >= 11 is 3.97. The van der Waals surface area contributed by atoms with Crippen molar-refractivity contribution in [2.75, 3.05) is 19.0 Å². The van der Waals surface area contributed by atoms with Crippen LogP contribution in [-0.2, 0) is 23.9 Å². The van der Waals surface area contributed by atoms with Gasteiger partial charge in [-0.05, 0) is 20.3 Å². The first kappa shape index (κ1) is 18.7.